The average Bonchev–Trinajstić information content (AvgIpc) is 2.83. The number of benzene rings is 1. The van der Waals surface area contributed by atoms with Crippen LogP contribution in [0, 0.1) is 5.92 Å². The van der Waals surface area contributed by atoms with E-state index in [9.17, 15) is 5.11 Å². The van der Waals surface area contributed by atoms with Crippen LogP contribution in [0.25, 0.3) is 0 Å². The molecule has 2 aliphatic rings. The molecule has 2 heterocycles. The summed E-state index contributed by atoms with van der Waals surface area (Å²) in [5, 5.41) is 13.7. The normalized spacial score (nSPS) is 27.2. The first kappa shape index (κ1) is 12.8. The number of hydrogen-bond acceptors (Lipinski definition) is 4. The van der Waals surface area contributed by atoms with Crippen LogP contribution in [0.2, 0.25) is 0 Å². The molecule has 0 aliphatic carbocycles. The first-order valence-corrected chi connectivity index (χ1v) is 7.08. The summed E-state index contributed by atoms with van der Waals surface area (Å²) >= 11 is 0. The van der Waals surface area contributed by atoms with E-state index in [2.05, 4.69) is 10.2 Å². The maximum Gasteiger partial charge on any atom is 0.162 e. The molecule has 2 atom stereocenters. The third-order valence-corrected chi connectivity index (χ3v) is 4.37. The van der Waals surface area contributed by atoms with Crippen molar-refractivity contribution in [3.05, 3.63) is 23.8 Å². The highest BCUT2D eigenvalue weighted by Crippen LogP contribution is 2.32. The van der Waals surface area contributed by atoms with Crippen molar-refractivity contribution in [2.45, 2.75) is 25.4 Å². The summed E-state index contributed by atoms with van der Waals surface area (Å²) in [5.74, 6) is 1.63. The second kappa shape index (κ2) is 5.39. The van der Waals surface area contributed by atoms with Gasteiger partial charge in [0.2, 0.25) is 0 Å². The lowest BCUT2D eigenvalue weighted by Crippen LogP contribution is -2.40. The van der Waals surface area contributed by atoms with E-state index in [1.165, 1.54) is 12.8 Å². The highest BCUT2D eigenvalue weighted by atomic mass is 16.5. The number of hydrogen-bond donors (Lipinski definition) is 2. The van der Waals surface area contributed by atoms with E-state index in [0.29, 0.717) is 11.8 Å². The van der Waals surface area contributed by atoms with Crippen LogP contribution in [-0.2, 0) is 6.54 Å². The molecule has 0 aromatic heterocycles. The lowest BCUT2D eigenvalue weighted by atomic mass is 9.94. The van der Waals surface area contributed by atoms with Crippen molar-refractivity contribution in [2.75, 3.05) is 26.7 Å². The number of nitrogens with zero attached hydrogens (tertiary/aromatic N) is 1. The van der Waals surface area contributed by atoms with Crippen molar-refractivity contribution in [1.29, 1.82) is 0 Å². The number of rotatable bonds is 3. The molecule has 19 heavy (non-hydrogen) atoms. The molecule has 2 saturated heterocycles. The van der Waals surface area contributed by atoms with Crippen molar-refractivity contribution in [3.8, 4) is 11.5 Å². The fourth-order valence-electron chi connectivity index (χ4n) is 3.37. The van der Waals surface area contributed by atoms with Crippen LogP contribution < -0.4 is 10.1 Å². The Kier molecular flexibility index (Phi) is 3.62. The van der Waals surface area contributed by atoms with Crippen LogP contribution in [-0.4, -0.2) is 42.8 Å². The van der Waals surface area contributed by atoms with Crippen molar-refractivity contribution in [1.82, 2.24) is 10.2 Å². The van der Waals surface area contributed by atoms with Gasteiger partial charge in [0.15, 0.2) is 11.5 Å². The molecule has 3 rings (SSSR count). The van der Waals surface area contributed by atoms with Crippen molar-refractivity contribution < 1.29 is 9.84 Å². The fourth-order valence-corrected chi connectivity index (χ4v) is 3.37. The number of likely N-dealkylation sites (tertiary alicyclic amines) is 1. The lowest BCUT2D eigenvalue weighted by Gasteiger charge is -2.24. The summed E-state index contributed by atoms with van der Waals surface area (Å²) in [5.41, 5.74) is 0.956. The Labute approximate surface area is 114 Å². The van der Waals surface area contributed by atoms with Crippen molar-refractivity contribution in [3.63, 3.8) is 0 Å². The van der Waals surface area contributed by atoms with Gasteiger partial charge in [0, 0.05) is 31.2 Å². The Morgan fingerprint density at radius 3 is 3.11 bits per heavy atom. The summed E-state index contributed by atoms with van der Waals surface area (Å²) in [6.45, 7) is 4.17. The van der Waals surface area contributed by atoms with Gasteiger partial charge in [0.1, 0.15) is 0 Å². The van der Waals surface area contributed by atoms with Gasteiger partial charge in [0.25, 0.3) is 0 Å². The minimum absolute atomic E-state index is 0.285. The summed E-state index contributed by atoms with van der Waals surface area (Å²) < 4.78 is 5.16. The number of aromatic hydroxyl groups is 1. The largest absolute Gasteiger partial charge is 0.504 e. The van der Waals surface area contributed by atoms with Gasteiger partial charge in [-0.3, -0.25) is 4.90 Å². The smallest absolute Gasteiger partial charge is 0.162 e. The first-order chi connectivity index (χ1) is 9.28. The van der Waals surface area contributed by atoms with Crippen LogP contribution >= 0.6 is 0 Å². The SMILES string of the molecule is COc1cccc(CN2C[C@@H]3CCCN[C@@H]3C2)c1O. The second-order valence-electron chi connectivity index (χ2n) is 5.63. The summed E-state index contributed by atoms with van der Waals surface area (Å²) in [4.78, 5) is 2.43. The molecular formula is C15H22N2O2. The Morgan fingerprint density at radius 1 is 1.42 bits per heavy atom. The van der Waals surface area contributed by atoms with Gasteiger partial charge < -0.3 is 15.2 Å². The fraction of sp³-hybridized carbons (Fsp3) is 0.600. The number of phenols is 1. The van der Waals surface area contributed by atoms with E-state index in [1.807, 2.05) is 12.1 Å². The third-order valence-electron chi connectivity index (χ3n) is 4.37. The number of phenolic OH excluding ortho intramolecular Hbond substituents is 1. The van der Waals surface area contributed by atoms with E-state index in [-0.39, 0.29) is 5.75 Å². The summed E-state index contributed by atoms with van der Waals surface area (Å²) in [7, 11) is 1.59. The van der Waals surface area contributed by atoms with Crippen LogP contribution in [0.1, 0.15) is 18.4 Å². The molecule has 1 aromatic carbocycles. The van der Waals surface area contributed by atoms with Gasteiger partial charge >= 0.3 is 0 Å². The first-order valence-electron chi connectivity index (χ1n) is 7.08. The highest BCUT2D eigenvalue weighted by Gasteiger charge is 2.34. The number of fused-ring (bicyclic) bond motifs is 1. The molecule has 4 heteroatoms. The number of piperidine rings is 1. The number of ether oxygens (including phenoxy) is 1. The average molecular weight is 262 g/mol. The van der Waals surface area contributed by atoms with Crippen molar-refractivity contribution >= 4 is 0 Å². The van der Waals surface area contributed by atoms with Gasteiger partial charge in [-0.2, -0.15) is 0 Å². The molecule has 4 nitrogen and oxygen atoms in total. The number of methoxy groups -OCH3 is 1. The van der Waals surface area contributed by atoms with Crippen LogP contribution in [0.3, 0.4) is 0 Å². The van der Waals surface area contributed by atoms with Crippen LogP contribution in [0.4, 0.5) is 0 Å². The molecule has 0 spiro atoms. The third kappa shape index (κ3) is 2.55. The van der Waals surface area contributed by atoms with E-state index in [0.717, 1.165) is 37.7 Å². The molecule has 2 fully saturated rings. The second-order valence-corrected chi connectivity index (χ2v) is 5.63. The standard InChI is InChI=1S/C15H22N2O2/c1-19-14-6-2-4-12(15(14)18)9-17-8-11-5-3-7-16-13(11)10-17/h2,4,6,11,13,16,18H,3,5,7-10H2,1H3/t11-,13+/m0/s1. The number of para-hydroxylation sites is 1. The Bertz CT molecular complexity index is 436. The molecule has 0 bridgehead atoms. The highest BCUT2D eigenvalue weighted by molar-refractivity contribution is 5.45. The molecule has 0 unspecified atom stereocenters. The topological polar surface area (TPSA) is 44.7 Å². The maximum absolute atomic E-state index is 10.1. The Hall–Kier alpha value is -1.26. The van der Waals surface area contributed by atoms with E-state index < -0.39 is 0 Å². The predicted molar refractivity (Wildman–Crippen MR) is 74.5 cm³/mol. The molecule has 1 aromatic rings. The van der Waals surface area contributed by atoms with Gasteiger partial charge in [-0.05, 0) is 31.4 Å². The predicted octanol–water partition coefficient (Wildman–Crippen LogP) is 1.58. The molecule has 2 aliphatic heterocycles. The minimum Gasteiger partial charge on any atom is -0.504 e. The summed E-state index contributed by atoms with van der Waals surface area (Å²) in [6.07, 6.45) is 2.62. The van der Waals surface area contributed by atoms with Gasteiger partial charge in [-0.1, -0.05) is 12.1 Å². The molecular weight excluding hydrogens is 240 g/mol. The van der Waals surface area contributed by atoms with Gasteiger partial charge in [-0.15, -0.1) is 0 Å². The van der Waals surface area contributed by atoms with Gasteiger partial charge in [-0.25, -0.2) is 0 Å². The zero-order valence-corrected chi connectivity index (χ0v) is 11.4. The lowest BCUT2D eigenvalue weighted by molar-refractivity contribution is 0.303. The molecule has 0 radical (unpaired) electrons. The quantitative estimate of drug-likeness (QED) is 0.868. The Balaban J connectivity index is 1.69. The van der Waals surface area contributed by atoms with E-state index >= 15 is 0 Å². The molecule has 0 amide bonds. The maximum atomic E-state index is 10.1. The van der Waals surface area contributed by atoms with Crippen LogP contribution in [0.5, 0.6) is 11.5 Å². The molecule has 0 saturated carbocycles. The van der Waals surface area contributed by atoms with E-state index in [1.54, 1.807) is 13.2 Å². The minimum atomic E-state index is 0.285. The summed E-state index contributed by atoms with van der Waals surface area (Å²) in [6, 6.07) is 6.36. The molecule has 2 N–H and O–H groups in total. The van der Waals surface area contributed by atoms with Crippen molar-refractivity contribution in [2.24, 2.45) is 5.92 Å². The number of nitrogens with one attached hydrogen (secondary N) is 1. The zero-order valence-electron chi connectivity index (χ0n) is 11.4. The Morgan fingerprint density at radius 2 is 2.32 bits per heavy atom. The molecule has 104 valence electrons. The zero-order chi connectivity index (χ0) is 13.2. The van der Waals surface area contributed by atoms with Crippen LogP contribution in [0.15, 0.2) is 18.2 Å². The van der Waals surface area contributed by atoms with Gasteiger partial charge in [0.05, 0.1) is 7.11 Å². The monoisotopic (exact) mass is 262 g/mol. The van der Waals surface area contributed by atoms with E-state index in [4.69, 9.17) is 4.74 Å².